The molecule has 1 amide bonds. The van der Waals surface area contributed by atoms with Crippen molar-refractivity contribution < 1.29 is 14.3 Å². The zero-order valence-electron chi connectivity index (χ0n) is 15.3. The number of carbonyl (C=O) groups is 1. The molecule has 1 aromatic carbocycles. The summed E-state index contributed by atoms with van der Waals surface area (Å²) in [7, 11) is 0. The standard InChI is InChI=1S/C19H26ClN3O3/c1-3-25-17-7-6-15(12-18(17)26-4-2)8-11-22-14-16(13-21)19(24)23-10-5-9-20/h6-7,12,14,22H,3-5,8-11H2,1-2H3,(H,23,24)/b16-14-. The number of alkyl halides is 1. The summed E-state index contributed by atoms with van der Waals surface area (Å²) < 4.78 is 11.2. The molecule has 0 atom stereocenters. The van der Waals surface area contributed by atoms with Crippen molar-refractivity contribution in [3.05, 3.63) is 35.5 Å². The van der Waals surface area contributed by atoms with Gasteiger partial charge in [0.05, 0.1) is 13.2 Å². The molecule has 0 aliphatic rings. The van der Waals surface area contributed by atoms with Crippen molar-refractivity contribution in [2.45, 2.75) is 26.7 Å². The number of nitrogens with zero attached hydrogens (tertiary/aromatic N) is 1. The number of amides is 1. The highest BCUT2D eigenvalue weighted by atomic mass is 35.5. The molecule has 0 saturated carbocycles. The van der Waals surface area contributed by atoms with E-state index in [0.29, 0.717) is 38.6 Å². The Balaban J connectivity index is 2.56. The predicted molar refractivity (Wildman–Crippen MR) is 103 cm³/mol. The quantitative estimate of drug-likeness (QED) is 0.252. The monoisotopic (exact) mass is 379 g/mol. The van der Waals surface area contributed by atoms with Gasteiger partial charge < -0.3 is 20.1 Å². The van der Waals surface area contributed by atoms with Crippen LogP contribution in [0.3, 0.4) is 0 Å². The summed E-state index contributed by atoms with van der Waals surface area (Å²) in [4.78, 5) is 11.8. The third kappa shape index (κ3) is 7.66. The predicted octanol–water partition coefficient (Wildman–Crippen LogP) is 2.77. The SMILES string of the molecule is CCOc1ccc(CCN/C=C(/C#N)C(=O)NCCCCl)cc1OCC. The second kappa shape index (κ2) is 12.9. The Morgan fingerprint density at radius 1 is 1.23 bits per heavy atom. The molecule has 0 aliphatic carbocycles. The molecule has 1 rings (SSSR count). The van der Waals surface area contributed by atoms with E-state index in [4.69, 9.17) is 26.3 Å². The molecule has 0 heterocycles. The molecule has 2 N–H and O–H groups in total. The van der Waals surface area contributed by atoms with Gasteiger partial charge in [-0.15, -0.1) is 11.6 Å². The highest BCUT2D eigenvalue weighted by Gasteiger charge is 2.08. The third-order valence-electron chi connectivity index (χ3n) is 3.37. The Morgan fingerprint density at radius 3 is 2.62 bits per heavy atom. The van der Waals surface area contributed by atoms with E-state index in [-0.39, 0.29) is 5.57 Å². The van der Waals surface area contributed by atoms with Crippen LogP contribution in [0.2, 0.25) is 0 Å². The van der Waals surface area contributed by atoms with Crippen LogP contribution in [-0.4, -0.2) is 38.1 Å². The van der Waals surface area contributed by atoms with Gasteiger partial charge in [0.2, 0.25) is 0 Å². The maximum Gasteiger partial charge on any atom is 0.263 e. The van der Waals surface area contributed by atoms with E-state index in [1.54, 1.807) is 0 Å². The van der Waals surface area contributed by atoms with Gasteiger partial charge in [0.15, 0.2) is 11.5 Å². The number of ether oxygens (including phenoxy) is 2. The van der Waals surface area contributed by atoms with E-state index in [1.807, 2.05) is 38.1 Å². The number of hydrogen-bond acceptors (Lipinski definition) is 5. The fourth-order valence-corrected chi connectivity index (χ4v) is 2.29. The van der Waals surface area contributed by atoms with Crippen molar-refractivity contribution in [2.75, 3.05) is 32.2 Å². The lowest BCUT2D eigenvalue weighted by Gasteiger charge is -2.12. The second-order valence-corrected chi connectivity index (χ2v) is 5.70. The summed E-state index contributed by atoms with van der Waals surface area (Å²) in [5.41, 5.74) is 1.11. The van der Waals surface area contributed by atoms with Crippen molar-refractivity contribution in [1.82, 2.24) is 10.6 Å². The Bertz CT molecular complexity index is 641. The molecule has 26 heavy (non-hydrogen) atoms. The molecular weight excluding hydrogens is 354 g/mol. The minimum atomic E-state index is -0.398. The first kappa shape index (κ1) is 21.7. The number of halogens is 1. The molecule has 0 spiro atoms. The van der Waals surface area contributed by atoms with Crippen LogP contribution >= 0.6 is 11.6 Å². The van der Waals surface area contributed by atoms with E-state index >= 15 is 0 Å². The van der Waals surface area contributed by atoms with Gasteiger partial charge in [-0.05, 0) is 44.4 Å². The van der Waals surface area contributed by atoms with Gasteiger partial charge in [-0.1, -0.05) is 6.07 Å². The van der Waals surface area contributed by atoms with Crippen molar-refractivity contribution in [1.29, 1.82) is 5.26 Å². The first-order valence-electron chi connectivity index (χ1n) is 8.72. The molecule has 0 aromatic heterocycles. The number of rotatable bonds is 12. The summed E-state index contributed by atoms with van der Waals surface area (Å²) in [5, 5.41) is 14.7. The van der Waals surface area contributed by atoms with Crippen LogP contribution in [0.25, 0.3) is 0 Å². The van der Waals surface area contributed by atoms with Gasteiger partial charge in [0.25, 0.3) is 5.91 Å². The average Bonchev–Trinajstić information content (AvgIpc) is 2.64. The second-order valence-electron chi connectivity index (χ2n) is 5.32. The highest BCUT2D eigenvalue weighted by molar-refractivity contribution is 6.17. The number of nitriles is 1. The molecule has 0 unspecified atom stereocenters. The summed E-state index contributed by atoms with van der Waals surface area (Å²) in [6.45, 7) is 6.03. The summed E-state index contributed by atoms with van der Waals surface area (Å²) in [6.07, 6.45) is 2.82. The van der Waals surface area contributed by atoms with Crippen LogP contribution in [0.5, 0.6) is 11.5 Å². The zero-order chi connectivity index (χ0) is 19.2. The van der Waals surface area contributed by atoms with Crippen molar-refractivity contribution >= 4 is 17.5 Å². The lowest BCUT2D eigenvalue weighted by atomic mass is 10.1. The zero-order valence-corrected chi connectivity index (χ0v) is 16.1. The first-order valence-corrected chi connectivity index (χ1v) is 9.26. The Kier molecular flexibility index (Phi) is 10.7. The van der Waals surface area contributed by atoms with E-state index in [2.05, 4.69) is 10.6 Å². The molecule has 0 bridgehead atoms. The smallest absolute Gasteiger partial charge is 0.263 e. The normalized spacial score (nSPS) is 10.8. The molecule has 0 saturated heterocycles. The Labute approximate surface area is 160 Å². The lowest BCUT2D eigenvalue weighted by Crippen LogP contribution is -2.27. The van der Waals surface area contributed by atoms with E-state index in [1.165, 1.54) is 6.20 Å². The molecule has 0 fully saturated rings. The third-order valence-corrected chi connectivity index (χ3v) is 3.64. The number of carbonyl (C=O) groups excluding carboxylic acids is 1. The molecule has 142 valence electrons. The van der Waals surface area contributed by atoms with E-state index in [0.717, 1.165) is 23.5 Å². The van der Waals surface area contributed by atoms with Gasteiger partial charge in [-0.3, -0.25) is 4.79 Å². The van der Waals surface area contributed by atoms with Crippen molar-refractivity contribution in [3.63, 3.8) is 0 Å². The van der Waals surface area contributed by atoms with Crippen LogP contribution in [0.1, 0.15) is 25.8 Å². The van der Waals surface area contributed by atoms with Crippen molar-refractivity contribution in [3.8, 4) is 17.6 Å². The highest BCUT2D eigenvalue weighted by Crippen LogP contribution is 2.28. The average molecular weight is 380 g/mol. The van der Waals surface area contributed by atoms with Crippen LogP contribution in [-0.2, 0) is 11.2 Å². The van der Waals surface area contributed by atoms with Gasteiger partial charge in [0.1, 0.15) is 11.6 Å². The van der Waals surface area contributed by atoms with Gasteiger partial charge in [-0.2, -0.15) is 5.26 Å². The summed E-state index contributed by atoms with van der Waals surface area (Å²) in [5.74, 6) is 1.52. The van der Waals surface area contributed by atoms with Crippen LogP contribution in [0, 0.1) is 11.3 Å². The number of nitrogens with one attached hydrogen (secondary N) is 2. The topological polar surface area (TPSA) is 83.4 Å². The minimum absolute atomic E-state index is 0.0428. The minimum Gasteiger partial charge on any atom is -0.490 e. The number of benzene rings is 1. The van der Waals surface area contributed by atoms with Gasteiger partial charge in [0, 0.05) is 25.2 Å². The van der Waals surface area contributed by atoms with Gasteiger partial charge in [-0.25, -0.2) is 0 Å². The summed E-state index contributed by atoms with van der Waals surface area (Å²) >= 11 is 5.56. The van der Waals surface area contributed by atoms with Crippen molar-refractivity contribution in [2.24, 2.45) is 0 Å². The largest absolute Gasteiger partial charge is 0.490 e. The molecular formula is C19H26ClN3O3. The van der Waals surface area contributed by atoms with Crippen LogP contribution in [0.15, 0.2) is 30.0 Å². The fraction of sp³-hybridized carbons (Fsp3) is 0.474. The van der Waals surface area contributed by atoms with E-state index in [9.17, 15) is 4.79 Å². The summed E-state index contributed by atoms with van der Waals surface area (Å²) in [6, 6.07) is 7.71. The van der Waals surface area contributed by atoms with Gasteiger partial charge >= 0.3 is 0 Å². The molecule has 6 nitrogen and oxygen atoms in total. The maximum absolute atomic E-state index is 11.8. The molecule has 1 aromatic rings. The molecule has 0 aliphatic heterocycles. The fourth-order valence-electron chi connectivity index (χ4n) is 2.15. The van der Waals surface area contributed by atoms with Crippen LogP contribution in [0.4, 0.5) is 0 Å². The lowest BCUT2D eigenvalue weighted by molar-refractivity contribution is -0.117. The molecule has 0 radical (unpaired) electrons. The Morgan fingerprint density at radius 2 is 1.96 bits per heavy atom. The first-order chi connectivity index (χ1) is 12.7. The number of hydrogen-bond donors (Lipinski definition) is 2. The van der Waals surface area contributed by atoms with E-state index < -0.39 is 5.91 Å². The van der Waals surface area contributed by atoms with Crippen LogP contribution < -0.4 is 20.1 Å². The molecule has 7 heteroatoms. The Hall–Kier alpha value is -2.39. The maximum atomic E-state index is 11.8.